The quantitative estimate of drug-likeness (QED) is 0.564. The number of imidazole rings is 1. The minimum absolute atomic E-state index is 0.293. The van der Waals surface area contributed by atoms with Crippen LogP contribution in [0.25, 0.3) is 28.0 Å². The Bertz CT molecular complexity index is 1010. The van der Waals surface area contributed by atoms with Crippen LogP contribution in [0.5, 0.6) is 0 Å². The molecular formula is C18H13FN4. The topological polar surface area (TPSA) is 43.1 Å². The van der Waals surface area contributed by atoms with Gasteiger partial charge in [-0.2, -0.15) is 5.10 Å². The van der Waals surface area contributed by atoms with Gasteiger partial charge in [0.2, 0.25) is 0 Å². The molecule has 4 aromatic rings. The number of pyridine rings is 1. The Labute approximate surface area is 132 Å². The molecule has 0 fully saturated rings. The molecular weight excluding hydrogens is 291 g/mol. The average molecular weight is 304 g/mol. The SMILES string of the molecule is Cc1ccncc1-c1ccnn2c(-c3ccccc3F)cnc12. The summed E-state index contributed by atoms with van der Waals surface area (Å²) in [5.74, 6) is -0.293. The fraction of sp³-hybridized carbons (Fsp3) is 0.0556. The first kappa shape index (κ1) is 13.6. The lowest BCUT2D eigenvalue weighted by molar-refractivity contribution is 0.630. The second-order valence-electron chi connectivity index (χ2n) is 5.29. The van der Waals surface area contributed by atoms with Gasteiger partial charge < -0.3 is 0 Å². The predicted octanol–water partition coefficient (Wildman–Crippen LogP) is 3.91. The summed E-state index contributed by atoms with van der Waals surface area (Å²) in [7, 11) is 0. The lowest BCUT2D eigenvalue weighted by Gasteiger charge is -2.07. The van der Waals surface area contributed by atoms with Gasteiger partial charge in [-0.15, -0.1) is 0 Å². The third kappa shape index (κ3) is 2.17. The number of nitrogens with zero attached hydrogens (tertiary/aromatic N) is 4. The molecule has 0 unspecified atom stereocenters. The molecule has 0 spiro atoms. The van der Waals surface area contributed by atoms with Crippen molar-refractivity contribution in [3.05, 3.63) is 72.6 Å². The maximum absolute atomic E-state index is 14.1. The van der Waals surface area contributed by atoms with E-state index in [-0.39, 0.29) is 5.82 Å². The van der Waals surface area contributed by atoms with E-state index < -0.39 is 0 Å². The average Bonchev–Trinajstić information content (AvgIpc) is 3.00. The van der Waals surface area contributed by atoms with Crippen LogP contribution in [0, 0.1) is 12.7 Å². The van der Waals surface area contributed by atoms with Gasteiger partial charge in [0.25, 0.3) is 0 Å². The second kappa shape index (κ2) is 5.28. The number of hydrogen-bond donors (Lipinski definition) is 0. The van der Waals surface area contributed by atoms with E-state index in [9.17, 15) is 4.39 Å². The molecule has 0 bridgehead atoms. The van der Waals surface area contributed by atoms with Gasteiger partial charge in [-0.3, -0.25) is 4.98 Å². The molecule has 4 rings (SSSR count). The Morgan fingerprint density at radius 1 is 0.913 bits per heavy atom. The highest BCUT2D eigenvalue weighted by Gasteiger charge is 2.15. The zero-order valence-electron chi connectivity index (χ0n) is 12.4. The first-order chi connectivity index (χ1) is 11.3. The van der Waals surface area contributed by atoms with Crippen LogP contribution in [0.1, 0.15) is 5.56 Å². The van der Waals surface area contributed by atoms with Gasteiger partial charge in [-0.1, -0.05) is 12.1 Å². The van der Waals surface area contributed by atoms with Crippen molar-refractivity contribution >= 4 is 5.65 Å². The monoisotopic (exact) mass is 304 g/mol. The van der Waals surface area contributed by atoms with Crippen LogP contribution in [-0.4, -0.2) is 19.6 Å². The van der Waals surface area contributed by atoms with Crippen molar-refractivity contribution < 1.29 is 4.39 Å². The van der Waals surface area contributed by atoms with Crippen molar-refractivity contribution in [1.29, 1.82) is 0 Å². The molecule has 0 N–H and O–H groups in total. The lowest BCUT2D eigenvalue weighted by atomic mass is 10.1. The highest BCUT2D eigenvalue weighted by Crippen LogP contribution is 2.29. The molecule has 4 nitrogen and oxygen atoms in total. The zero-order chi connectivity index (χ0) is 15.8. The smallest absolute Gasteiger partial charge is 0.162 e. The lowest BCUT2D eigenvalue weighted by Crippen LogP contribution is -1.97. The Morgan fingerprint density at radius 3 is 2.61 bits per heavy atom. The van der Waals surface area contributed by atoms with Crippen molar-refractivity contribution in [1.82, 2.24) is 19.6 Å². The van der Waals surface area contributed by atoms with Crippen molar-refractivity contribution in [3.63, 3.8) is 0 Å². The zero-order valence-corrected chi connectivity index (χ0v) is 12.4. The van der Waals surface area contributed by atoms with E-state index in [2.05, 4.69) is 15.1 Å². The molecule has 0 saturated heterocycles. The predicted molar refractivity (Wildman–Crippen MR) is 86.3 cm³/mol. The number of aromatic nitrogens is 4. The van der Waals surface area contributed by atoms with Gasteiger partial charge in [0.15, 0.2) is 5.65 Å². The minimum atomic E-state index is -0.293. The number of aryl methyl sites for hydroxylation is 1. The maximum atomic E-state index is 14.1. The Hall–Kier alpha value is -3.08. The molecule has 0 atom stereocenters. The summed E-state index contributed by atoms with van der Waals surface area (Å²) in [6.07, 6.45) is 6.91. The Morgan fingerprint density at radius 2 is 1.78 bits per heavy atom. The standard InChI is InChI=1S/C18H13FN4/c1-12-6-8-20-10-15(12)13-7-9-22-23-17(11-21-18(13)23)14-4-2-3-5-16(14)19/h2-11H,1H3. The van der Waals surface area contributed by atoms with Crippen molar-refractivity contribution in [2.75, 3.05) is 0 Å². The third-order valence-electron chi connectivity index (χ3n) is 3.88. The van der Waals surface area contributed by atoms with Crippen molar-refractivity contribution in [2.45, 2.75) is 6.92 Å². The van der Waals surface area contributed by atoms with Gasteiger partial charge in [-0.05, 0) is 36.8 Å². The summed E-state index contributed by atoms with van der Waals surface area (Å²) in [5, 5.41) is 4.34. The third-order valence-corrected chi connectivity index (χ3v) is 3.88. The number of hydrogen-bond acceptors (Lipinski definition) is 3. The van der Waals surface area contributed by atoms with E-state index in [1.54, 1.807) is 41.3 Å². The van der Waals surface area contributed by atoms with Crippen LogP contribution in [0.4, 0.5) is 4.39 Å². The first-order valence-corrected chi connectivity index (χ1v) is 7.24. The summed E-state index contributed by atoms with van der Waals surface area (Å²) in [5.41, 5.74) is 4.80. The van der Waals surface area contributed by atoms with Crippen LogP contribution < -0.4 is 0 Å². The summed E-state index contributed by atoms with van der Waals surface area (Å²) >= 11 is 0. The summed E-state index contributed by atoms with van der Waals surface area (Å²) < 4.78 is 15.8. The molecule has 0 amide bonds. The Balaban J connectivity index is 1.98. The maximum Gasteiger partial charge on any atom is 0.162 e. The van der Waals surface area contributed by atoms with Crippen molar-refractivity contribution in [3.8, 4) is 22.4 Å². The number of fused-ring (bicyclic) bond motifs is 1. The van der Waals surface area contributed by atoms with Gasteiger partial charge >= 0.3 is 0 Å². The molecule has 0 radical (unpaired) electrons. The normalized spacial score (nSPS) is 11.0. The van der Waals surface area contributed by atoms with E-state index in [4.69, 9.17) is 0 Å². The number of rotatable bonds is 2. The molecule has 5 heteroatoms. The van der Waals surface area contributed by atoms with E-state index in [1.807, 2.05) is 25.3 Å². The fourth-order valence-electron chi connectivity index (χ4n) is 2.70. The molecule has 3 aromatic heterocycles. The molecule has 0 aliphatic heterocycles. The van der Waals surface area contributed by atoms with E-state index in [0.717, 1.165) is 16.7 Å². The molecule has 0 aliphatic rings. The Kier molecular flexibility index (Phi) is 3.12. The molecule has 23 heavy (non-hydrogen) atoms. The first-order valence-electron chi connectivity index (χ1n) is 7.24. The van der Waals surface area contributed by atoms with Crippen LogP contribution in [-0.2, 0) is 0 Å². The summed E-state index contributed by atoms with van der Waals surface area (Å²) in [6.45, 7) is 2.02. The minimum Gasteiger partial charge on any atom is -0.264 e. The summed E-state index contributed by atoms with van der Waals surface area (Å²) in [6, 6.07) is 10.5. The highest BCUT2D eigenvalue weighted by molar-refractivity contribution is 5.80. The summed E-state index contributed by atoms with van der Waals surface area (Å²) in [4.78, 5) is 8.65. The molecule has 3 heterocycles. The van der Waals surface area contributed by atoms with Crippen LogP contribution in [0.15, 0.2) is 61.2 Å². The molecule has 112 valence electrons. The number of benzene rings is 1. The van der Waals surface area contributed by atoms with E-state index in [0.29, 0.717) is 16.9 Å². The van der Waals surface area contributed by atoms with Gasteiger partial charge in [0.1, 0.15) is 5.82 Å². The highest BCUT2D eigenvalue weighted by atomic mass is 19.1. The van der Waals surface area contributed by atoms with E-state index in [1.165, 1.54) is 6.07 Å². The van der Waals surface area contributed by atoms with E-state index >= 15 is 0 Å². The largest absolute Gasteiger partial charge is 0.264 e. The van der Waals surface area contributed by atoms with Gasteiger partial charge in [0, 0.05) is 35.3 Å². The van der Waals surface area contributed by atoms with Gasteiger partial charge in [0.05, 0.1) is 11.9 Å². The molecule has 0 aliphatic carbocycles. The molecule has 0 saturated carbocycles. The van der Waals surface area contributed by atoms with Crippen LogP contribution >= 0.6 is 0 Å². The van der Waals surface area contributed by atoms with Crippen molar-refractivity contribution in [2.24, 2.45) is 0 Å². The van der Waals surface area contributed by atoms with Crippen LogP contribution in [0.3, 0.4) is 0 Å². The molecule has 1 aromatic carbocycles. The van der Waals surface area contributed by atoms with Crippen LogP contribution in [0.2, 0.25) is 0 Å². The number of halogens is 1. The van der Waals surface area contributed by atoms with Gasteiger partial charge in [-0.25, -0.2) is 13.9 Å². The fourth-order valence-corrected chi connectivity index (χ4v) is 2.70. The second-order valence-corrected chi connectivity index (χ2v) is 5.29.